The molecule has 0 bridgehead atoms. The number of azide groups is 1. The van der Waals surface area contributed by atoms with Crippen molar-refractivity contribution in [2.75, 3.05) is 20.5 Å². The fraction of sp³-hybridized carbons (Fsp3) is 0.929. The molecule has 3 fully saturated rings. The number of carbonyl (C=O) groups excluding carboxylic acids is 1. The summed E-state index contributed by atoms with van der Waals surface area (Å²) < 4.78 is 32.8. The third-order valence-electron chi connectivity index (χ3n) is 4.83. The van der Waals surface area contributed by atoms with Crippen LogP contribution in [0.2, 0.25) is 0 Å². The molecule has 0 aromatic carbocycles. The molecule has 0 spiro atoms. The van der Waals surface area contributed by atoms with Crippen molar-refractivity contribution in [3.05, 3.63) is 10.4 Å². The summed E-state index contributed by atoms with van der Waals surface area (Å²) in [4.78, 5) is 13.9. The Hall–Kier alpha value is -1.58. The Morgan fingerprint density at radius 2 is 2.17 bits per heavy atom. The molecule has 0 radical (unpaired) electrons. The number of hydrogen-bond acceptors (Lipinski definition) is 8. The van der Waals surface area contributed by atoms with Crippen molar-refractivity contribution in [1.82, 2.24) is 0 Å². The number of carbonyl (C=O) groups is 1. The van der Waals surface area contributed by atoms with E-state index in [-0.39, 0.29) is 31.7 Å². The largest absolute Gasteiger partial charge is 0.508 e. The van der Waals surface area contributed by atoms with Crippen molar-refractivity contribution in [2.45, 2.75) is 57.0 Å². The number of rotatable bonds is 4. The lowest BCUT2D eigenvalue weighted by Gasteiger charge is -2.53. The van der Waals surface area contributed by atoms with Gasteiger partial charge in [-0.25, -0.2) is 4.79 Å². The minimum absolute atomic E-state index is 0.00287. The molecule has 3 saturated heterocycles. The monoisotopic (exact) mass is 343 g/mol. The van der Waals surface area contributed by atoms with Gasteiger partial charge in [0, 0.05) is 23.9 Å². The van der Waals surface area contributed by atoms with E-state index in [1.54, 1.807) is 7.11 Å². The van der Waals surface area contributed by atoms with E-state index in [0.29, 0.717) is 6.42 Å². The van der Waals surface area contributed by atoms with Crippen LogP contribution in [0.25, 0.3) is 10.4 Å². The molecule has 3 aliphatic heterocycles. The first kappa shape index (κ1) is 17.2. The summed E-state index contributed by atoms with van der Waals surface area (Å²) in [5.41, 5.74) is 8.31. The smallest absolute Gasteiger partial charge is 0.430 e. The molecule has 0 saturated carbocycles. The molecule has 0 amide bonds. The van der Waals surface area contributed by atoms with Crippen LogP contribution in [0, 0.1) is 5.41 Å². The summed E-state index contributed by atoms with van der Waals surface area (Å²) in [6, 6.07) is 0. The van der Waals surface area contributed by atoms with Crippen molar-refractivity contribution in [1.29, 1.82) is 0 Å². The number of cyclic esters (lactones) is 2. The lowest BCUT2D eigenvalue weighted by molar-refractivity contribution is -0.327. The van der Waals surface area contributed by atoms with Crippen LogP contribution in [0.4, 0.5) is 4.79 Å². The van der Waals surface area contributed by atoms with Crippen molar-refractivity contribution in [2.24, 2.45) is 10.5 Å². The third kappa shape index (κ3) is 3.03. The van der Waals surface area contributed by atoms with Gasteiger partial charge in [-0.15, -0.1) is 0 Å². The second-order valence-electron chi connectivity index (χ2n) is 6.61. The van der Waals surface area contributed by atoms with E-state index in [1.807, 2.05) is 13.8 Å². The lowest BCUT2D eigenvalue weighted by Crippen LogP contribution is -2.65. The highest BCUT2D eigenvalue weighted by Crippen LogP contribution is 2.44. The van der Waals surface area contributed by atoms with Gasteiger partial charge in [-0.2, -0.15) is 0 Å². The van der Waals surface area contributed by atoms with E-state index in [4.69, 9.17) is 34.0 Å². The summed E-state index contributed by atoms with van der Waals surface area (Å²) in [5.74, 6) is 0. The standard InChI is InChI=1S/C14H21N3O7/c1-14(2)8(4-7-5-20-13(18)23-7)24-10-9(11(14)19-3)21-6-22-12(10)16-17-15/h7-12H,4-6H2,1-3H3/t7-,8+,9-,10-,11+,12?/m1/s1. The Morgan fingerprint density at radius 3 is 2.79 bits per heavy atom. The minimum atomic E-state index is -0.799. The quantitative estimate of drug-likeness (QED) is 0.330. The summed E-state index contributed by atoms with van der Waals surface area (Å²) >= 11 is 0. The van der Waals surface area contributed by atoms with Gasteiger partial charge in [0.15, 0.2) is 6.23 Å². The van der Waals surface area contributed by atoms with Gasteiger partial charge in [-0.3, -0.25) is 0 Å². The molecule has 10 heteroatoms. The van der Waals surface area contributed by atoms with Crippen LogP contribution >= 0.6 is 0 Å². The molecule has 24 heavy (non-hydrogen) atoms. The maximum Gasteiger partial charge on any atom is 0.508 e. The van der Waals surface area contributed by atoms with Crippen LogP contribution in [0.1, 0.15) is 20.3 Å². The lowest BCUT2D eigenvalue weighted by atomic mass is 9.72. The van der Waals surface area contributed by atoms with Gasteiger partial charge < -0.3 is 28.4 Å². The van der Waals surface area contributed by atoms with E-state index < -0.39 is 30.0 Å². The second kappa shape index (κ2) is 6.73. The van der Waals surface area contributed by atoms with Gasteiger partial charge in [0.2, 0.25) is 0 Å². The predicted octanol–water partition coefficient (Wildman–Crippen LogP) is 1.73. The average molecular weight is 343 g/mol. The fourth-order valence-corrected chi connectivity index (χ4v) is 3.58. The molecule has 0 aromatic heterocycles. The van der Waals surface area contributed by atoms with Gasteiger partial charge in [-0.05, 0) is 5.53 Å². The van der Waals surface area contributed by atoms with Gasteiger partial charge in [0.05, 0.1) is 12.2 Å². The predicted molar refractivity (Wildman–Crippen MR) is 77.8 cm³/mol. The van der Waals surface area contributed by atoms with Gasteiger partial charge >= 0.3 is 6.16 Å². The van der Waals surface area contributed by atoms with Crippen molar-refractivity contribution in [3.63, 3.8) is 0 Å². The van der Waals surface area contributed by atoms with Crippen LogP contribution in [0.15, 0.2) is 5.11 Å². The van der Waals surface area contributed by atoms with Gasteiger partial charge in [0.1, 0.15) is 31.7 Å². The number of ether oxygens (including phenoxy) is 6. The number of fused-ring (bicyclic) bond motifs is 1. The van der Waals surface area contributed by atoms with Gasteiger partial charge in [-0.1, -0.05) is 19.0 Å². The molecule has 0 N–H and O–H groups in total. The normalized spacial score (nSPS) is 40.9. The summed E-state index contributed by atoms with van der Waals surface area (Å²) in [6.45, 7) is 4.19. The van der Waals surface area contributed by atoms with E-state index in [0.717, 1.165) is 0 Å². The molecule has 1 unspecified atom stereocenters. The van der Waals surface area contributed by atoms with Crippen molar-refractivity contribution >= 4 is 6.16 Å². The van der Waals surface area contributed by atoms with Gasteiger partial charge in [0.25, 0.3) is 0 Å². The highest BCUT2D eigenvalue weighted by molar-refractivity contribution is 5.61. The highest BCUT2D eigenvalue weighted by atomic mass is 16.8. The van der Waals surface area contributed by atoms with E-state index in [1.165, 1.54) is 0 Å². The Bertz CT molecular complexity index is 536. The van der Waals surface area contributed by atoms with E-state index in [9.17, 15) is 4.79 Å². The first-order valence-electron chi connectivity index (χ1n) is 7.76. The van der Waals surface area contributed by atoms with Crippen LogP contribution in [0.5, 0.6) is 0 Å². The van der Waals surface area contributed by atoms with E-state index in [2.05, 4.69) is 10.0 Å². The summed E-state index contributed by atoms with van der Waals surface area (Å²) in [7, 11) is 1.60. The first-order chi connectivity index (χ1) is 11.5. The van der Waals surface area contributed by atoms with E-state index >= 15 is 0 Å². The summed E-state index contributed by atoms with van der Waals surface area (Å²) in [6.07, 6.45) is -3.09. The van der Waals surface area contributed by atoms with Crippen molar-refractivity contribution in [3.8, 4) is 0 Å². The third-order valence-corrected chi connectivity index (χ3v) is 4.83. The minimum Gasteiger partial charge on any atom is -0.430 e. The topological polar surface area (TPSA) is 121 Å². The second-order valence-corrected chi connectivity index (χ2v) is 6.61. The molecular weight excluding hydrogens is 322 g/mol. The number of methoxy groups -OCH3 is 1. The molecule has 0 aromatic rings. The molecule has 10 nitrogen and oxygen atoms in total. The molecule has 3 rings (SSSR count). The average Bonchev–Trinajstić information content (AvgIpc) is 2.94. The maximum absolute atomic E-state index is 11.1. The number of nitrogens with zero attached hydrogens (tertiary/aromatic N) is 3. The first-order valence-corrected chi connectivity index (χ1v) is 7.76. The molecule has 134 valence electrons. The van der Waals surface area contributed by atoms with Crippen molar-refractivity contribution < 1.29 is 33.2 Å². The van der Waals surface area contributed by atoms with Crippen LogP contribution in [0.3, 0.4) is 0 Å². The Kier molecular flexibility index (Phi) is 4.84. The Morgan fingerprint density at radius 1 is 1.38 bits per heavy atom. The molecular formula is C14H21N3O7. The molecule has 6 atom stereocenters. The molecule has 3 heterocycles. The zero-order chi connectivity index (χ0) is 17.3. The Labute approximate surface area is 138 Å². The van der Waals surface area contributed by atoms with Crippen LogP contribution < -0.4 is 0 Å². The van der Waals surface area contributed by atoms with Crippen LogP contribution in [-0.4, -0.2) is 63.4 Å². The number of hydrogen-bond donors (Lipinski definition) is 0. The Balaban J connectivity index is 1.82. The molecule has 0 aliphatic carbocycles. The highest BCUT2D eigenvalue weighted by Gasteiger charge is 2.56. The summed E-state index contributed by atoms with van der Waals surface area (Å²) in [5, 5.41) is 3.65. The fourth-order valence-electron chi connectivity index (χ4n) is 3.58. The zero-order valence-corrected chi connectivity index (χ0v) is 13.8. The maximum atomic E-state index is 11.1. The SMILES string of the molecule is CO[C@H]1[C@@H]2OCOC(N=[N+]=[N-])[C@@H]2O[C@@H](C[C@@H]2COC(=O)O2)C1(C)C. The van der Waals surface area contributed by atoms with Crippen LogP contribution in [-0.2, 0) is 28.4 Å². The zero-order valence-electron chi connectivity index (χ0n) is 13.8. The molecule has 3 aliphatic rings.